The molecule has 0 saturated heterocycles. The van der Waals surface area contributed by atoms with E-state index in [2.05, 4.69) is 15.0 Å². The Kier molecular flexibility index (Phi) is 5.09. The van der Waals surface area contributed by atoms with Crippen molar-refractivity contribution >= 4 is 24.0 Å². The molecule has 4 nitrogen and oxygen atoms in total. The van der Waals surface area contributed by atoms with E-state index in [1.807, 2.05) is 6.92 Å². The molecule has 5 heteroatoms. The van der Waals surface area contributed by atoms with Gasteiger partial charge in [0.1, 0.15) is 12.7 Å². The molecule has 1 heterocycles. The zero-order chi connectivity index (χ0) is 6.53. The highest BCUT2D eigenvalue weighted by molar-refractivity contribution is 14.0. The van der Waals surface area contributed by atoms with Gasteiger partial charge in [0.2, 0.25) is 0 Å². The number of rotatable bonds is 2. The van der Waals surface area contributed by atoms with Gasteiger partial charge in [-0.15, -0.1) is 24.0 Å². The molecule has 1 aromatic heterocycles. The third-order valence-electron chi connectivity index (χ3n) is 0.743. The Morgan fingerprint density at radius 2 is 2.00 bits per heavy atom. The van der Waals surface area contributed by atoms with E-state index in [0.717, 1.165) is 0 Å². The highest BCUT2D eigenvalue weighted by atomic mass is 127. The van der Waals surface area contributed by atoms with E-state index in [4.69, 9.17) is 4.74 Å². The predicted octanol–water partition coefficient (Wildman–Crippen LogP) is 0.888. The summed E-state index contributed by atoms with van der Waals surface area (Å²) in [6.07, 6.45) is 2.80. The molecule has 0 saturated carbocycles. The summed E-state index contributed by atoms with van der Waals surface area (Å²) in [4.78, 5) is 11.1. The lowest BCUT2D eigenvalue weighted by molar-refractivity contribution is 0.311. The molecule has 0 radical (unpaired) electrons. The lowest BCUT2D eigenvalue weighted by Gasteiger charge is -1.95. The number of hydrogen-bond donors (Lipinski definition) is 0. The summed E-state index contributed by atoms with van der Waals surface area (Å²) in [5.41, 5.74) is 0. The maximum absolute atomic E-state index is 4.94. The Bertz CT molecular complexity index is 170. The van der Waals surface area contributed by atoms with E-state index in [9.17, 15) is 0 Å². The van der Waals surface area contributed by atoms with Crippen LogP contribution in [0.4, 0.5) is 0 Å². The molecule has 0 aromatic carbocycles. The summed E-state index contributed by atoms with van der Waals surface area (Å²) < 4.78 is 4.94. The van der Waals surface area contributed by atoms with E-state index in [-0.39, 0.29) is 24.0 Å². The third-order valence-corrected chi connectivity index (χ3v) is 0.743. The molecular formula is C5H8IN3O. The number of aromatic nitrogens is 3. The highest BCUT2D eigenvalue weighted by Crippen LogP contribution is 1.93. The molecule has 0 fully saturated rings. The van der Waals surface area contributed by atoms with Crippen LogP contribution in [0, 0.1) is 0 Å². The third kappa shape index (κ3) is 2.90. The Balaban J connectivity index is 0.000000810. The first-order valence-corrected chi connectivity index (χ1v) is 2.68. The van der Waals surface area contributed by atoms with Crippen molar-refractivity contribution in [1.29, 1.82) is 0 Å². The normalized spacial score (nSPS) is 8.10. The molecule has 0 aliphatic heterocycles. The van der Waals surface area contributed by atoms with E-state index in [1.165, 1.54) is 12.7 Å². The monoisotopic (exact) mass is 253 g/mol. The zero-order valence-electron chi connectivity index (χ0n) is 5.52. The molecule has 0 amide bonds. The smallest absolute Gasteiger partial charge is 0.319 e. The fourth-order valence-electron chi connectivity index (χ4n) is 0.432. The van der Waals surface area contributed by atoms with Gasteiger partial charge in [0.05, 0.1) is 6.61 Å². The summed E-state index contributed by atoms with van der Waals surface area (Å²) in [6, 6.07) is 0.382. The molecule has 0 N–H and O–H groups in total. The van der Waals surface area contributed by atoms with Gasteiger partial charge in [-0.2, -0.15) is 9.97 Å². The topological polar surface area (TPSA) is 47.9 Å². The van der Waals surface area contributed by atoms with Crippen LogP contribution in [0.15, 0.2) is 12.7 Å². The first-order valence-electron chi connectivity index (χ1n) is 2.68. The summed E-state index contributed by atoms with van der Waals surface area (Å²) in [7, 11) is 0. The van der Waals surface area contributed by atoms with Crippen LogP contribution >= 0.6 is 24.0 Å². The molecule has 1 rings (SSSR count). The Morgan fingerprint density at radius 3 is 2.50 bits per heavy atom. The second kappa shape index (κ2) is 5.33. The molecule has 1 aromatic rings. The zero-order valence-corrected chi connectivity index (χ0v) is 7.85. The maximum Gasteiger partial charge on any atom is 0.319 e. The average molecular weight is 253 g/mol. The van der Waals surface area contributed by atoms with Crippen molar-refractivity contribution in [2.75, 3.05) is 6.61 Å². The van der Waals surface area contributed by atoms with Gasteiger partial charge in [-0.1, -0.05) is 0 Å². The van der Waals surface area contributed by atoms with Crippen molar-refractivity contribution in [2.45, 2.75) is 6.92 Å². The molecular weight excluding hydrogens is 245 g/mol. The molecule has 0 spiro atoms. The Labute approximate surface area is 76.1 Å². The van der Waals surface area contributed by atoms with Crippen LogP contribution in [-0.2, 0) is 0 Å². The van der Waals surface area contributed by atoms with Gasteiger partial charge in [0.25, 0.3) is 0 Å². The fraction of sp³-hybridized carbons (Fsp3) is 0.400. The summed E-state index contributed by atoms with van der Waals surface area (Å²) in [5.74, 6) is 0. The maximum atomic E-state index is 4.94. The fourth-order valence-corrected chi connectivity index (χ4v) is 0.432. The first-order chi connectivity index (χ1) is 4.43. The van der Waals surface area contributed by atoms with Crippen LogP contribution in [0.25, 0.3) is 0 Å². The molecule has 0 aliphatic carbocycles. The summed E-state index contributed by atoms with van der Waals surface area (Å²) in [5, 5.41) is 0. The van der Waals surface area contributed by atoms with E-state index in [0.29, 0.717) is 12.6 Å². The number of ether oxygens (including phenoxy) is 1. The SMILES string of the molecule is CCOc1ncncn1.I. The van der Waals surface area contributed by atoms with E-state index < -0.39 is 0 Å². The number of hydrogen-bond acceptors (Lipinski definition) is 4. The quantitative estimate of drug-likeness (QED) is 0.734. The van der Waals surface area contributed by atoms with Crippen LogP contribution in [0.1, 0.15) is 6.92 Å². The molecule has 56 valence electrons. The number of halogens is 1. The van der Waals surface area contributed by atoms with E-state index in [1.54, 1.807) is 0 Å². The van der Waals surface area contributed by atoms with Crippen LogP contribution in [0.2, 0.25) is 0 Å². The van der Waals surface area contributed by atoms with Crippen LogP contribution in [0.5, 0.6) is 6.01 Å². The van der Waals surface area contributed by atoms with Crippen LogP contribution < -0.4 is 4.74 Å². The van der Waals surface area contributed by atoms with Crippen LogP contribution in [0.3, 0.4) is 0 Å². The summed E-state index contributed by atoms with van der Waals surface area (Å²) >= 11 is 0. The molecule has 0 atom stereocenters. The van der Waals surface area contributed by atoms with Crippen molar-refractivity contribution in [3.05, 3.63) is 12.7 Å². The van der Waals surface area contributed by atoms with Gasteiger partial charge < -0.3 is 4.74 Å². The predicted molar refractivity (Wildman–Crippen MR) is 46.4 cm³/mol. The van der Waals surface area contributed by atoms with Gasteiger partial charge in [0.15, 0.2) is 0 Å². The number of nitrogens with zero attached hydrogens (tertiary/aromatic N) is 3. The highest BCUT2D eigenvalue weighted by Gasteiger charge is 1.88. The van der Waals surface area contributed by atoms with Gasteiger partial charge in [0, 0.05) is 0 Å². The van der Waals surface area contributed by atoms with Gasteiger partial charge in [-0.3, -0.25) is 0 Å². The minimum Gasteiger partial charge on any atom is -0.464 e. The second-order valence-electron chi connectivity index (χ2n) is 1.35. The van der Waals surface area contributed by atoms with Crippen molar-refractivity contribution in [3.63, 3.8) is 0 Å². The van der Waals surface area contributed by atoms with Gasteiger partial charge in [-0.25, -0.2) is 4.98 Å². The van der Waals surface area contributed by atoms with Crippen molar-refractivity contribution in [2.24, 2.45) is 0 Å². The first kappa shape index (κ1) is 9.54. The summed E-state index contributed by atoms with van der Waals surface area (Å²) in [6.45, 7) is 2.47. The molecule has 0 aliphatic rings. The Morgan fingerprint density at radius 1 is 1.40 bits per heavy atom. The lowest BCUT2D eigenvalue weighted by atomic mass is 10.9. The minimum absolute atomic E-state index is 0. The van der Waals surface area contributed by atoms with Crippen molar-refractivity contribution < 1.29 is 4.74 Å². The largest absolute Gasteiger partial charge is 0.464 e. The van der Waals surface area contributed by atoms with Gasteiger partial charge in [-0.05, 0) is 6.92 Å². The van der Waals surface area contributed by atoms with Crippen molar-refractivity contribution in [1.82, 2.24) is 15.0 Å². The standard InChI is InChI=1S/C5H7N3O.HI/c1-2-9-5-7-3-6-4-8-5;/h3-4H,2H2,1H3;1H. The minimum atomic E-state index is 0. The van der Waals surface area contributed by atoms with Crippen molar-refractivity contribution in [3.8, 4) is 6.01 Å². The van der Waals surface area contributed by atoms with E-state index >= 15 is 0 Å². The second-order valence-corrected chi connectivity index (χ2v) is 1.35. The Hall–Kier alpha value is -0.460. The molecule has 0 unspecified atom stereocenters. The lowest BCUT2D eigenvalue weighted by Crippen LogP contribution is -1.96. The molecule has 10 heavy (non-hydrogen) atoms. The van der Waals surface area contributed by atoms with Crippen LogP contribution in [-0.4, -0.2) is 21.6 Å². The molecule has 0 bridgehead atoms. The average Bonchev–Trinajstić information content (AvgIpc) is 1.91. The van der Waals surface area contributed by atoms with Gasteiger partial charge >= 0.3 is 6.01 Å².